The average molecular weight is 487 g/mol. The van der Waals surface area contributed by atoms with Crippen LogP contribution in [0.15, 0.2) is 0 Å². The van der Waals surface area contributed by atoms with Crippen molar-refractivity contribution in [2.75, 3.05) is 52.9 Å². The Morgan fingerprint density at radius 1 is 0.484 bits per heavy atom. The van der Waals surface area contributed by atoms with E-state index in [2.05, 4.69) is 0 Å². The first-order valence-electron chi connectivity index (χ1n) is 11.6. The van der Waals surface area contributed by atoms with Crippen LogP contribution in [0.4, 0.5) is 0 Å². The molecule has 0 aromatic rings. The Morgan fingerprint density at radius 3 is 1.03 bits per heavy atom. The van der Waals surface area contributed by atoms with Crippen LogP contribution in [0.2, 0.25) is 0 Å². The molecule has 0 amide bonds. The summed E-state index contributed by atoms with van der Waals surface area (Å²) in [4.78, 5) is 0. The van der Waals surface area contributed by atoms with Crippen LogP contribution in [-0.4, -0.2) is 84.8 Å². The highest BCUT2D eigenvalue weighted by molar-refractivity contribution is 6.34. The van der Waals surface area contributed by atoms with E-state index < -0.39 is 32.0 Å². The van der Waals surface area contributed by atoms with Gasteiger partial charge in [0.05, 0.1) is 0 Å². The zero-order chi connectivity index (χ0) is 23.3. The molecule has 0 unspecified atom stereocenters. The number of hydrogen-bond donors (Lipinski definition) is 0. The van der Waals surface area contributed by atoms with Crippen LogP contribution in [0, 0.1) is 0 Å². The first kappa shape index (κ1) is 31.1. The largest absolute Gasteiger partial charge is 0.424 e. The molecular weight excluding hydrogens is 440 g/mol. The monoisotopic (exact) mass is 486 g/mol. The van der Waals surface area contributed by atoms with Gasteiger partial charge >= 0.3 is 0 Å². The Morgan fingerprint density at radius 2 is 0.774 bits per heavy atom. The minimum Gasteiger partial charge on any atom is -0.424 e. The van der Waals surface area contributed by atoms with Crippen LogP contribution in [0.1, 0.15) is 67.2 Å². The van der Waals surface area contributed by atoms with Crippen LogP contribution in [-0.2, 0) is 41.4 Å². The Labute approximate surface area is 193 Å². The third-order valence-electron chi connectivity index (χ3n) is 4.06. The maximum atomic E-state index is 5.70. The molecule has 188 valence electrons. The van der Waals surface area contributed by atoms with Crippen LogP contribution in [0.25, 0.3) is 0 Å². The van der Waals surface area contributed by atoms with Crippen LogP contribution in [0.5, 0.6) is 0 Å². The van der Waals surface area contributed by atoms with Crippen LogP contribution >= 0.6 is 0 Å². The van der Waals surface area contributed by atoms with Gasteiger partial charge in [-0.3, -0.25) is 0 Å². The molecule has 0 aliphatic rings. The van der Waals surface area contributed by atoms with Crippen molar-refractivity contribution in [3.05, 3.63) is 0 Å². The molecule has 9 nitrogen and oxygen atoms in total. The minimum absolute atomic E-state index is 0.530. The van der Waals surface area contributed by atoms with Crippen LogP contribution < -0.4 is 0 Å². The lowest BCUT2D eigenvalue weighted by Gasteiger charge is -2.32. The fraction of sp³-hybridized carbons (Fsp3) is 1.00. The van der Waals surface area contributed by atoms with Crippen molar-refractivity contribution in [2.45, 2.75) is 79.2 Å². The number of ether oxygens (including phenoxy) is 6. The van der Waals surface area contributed by atoms with E-state index in [1.807, 2.05) is 41.5 Å². The van der Waals surface area contributed by atoms with Gasteiger partial charge in [-0.15, -0.1) is 0 Å². The molecular formula is C20H46O9Si2. The molecule has 31 heavy (non-hydrogen) atoms. The maximum absolute atomic E-state index is 5.70. The first-order chi connectivity index (χ1) is 15.1. The average Bonchev–Trinajstić information content (AvgIpc) is 2.73. The Bertz CT molecular complexity index is 324. The first-order valence-corrected chi connectivity index (χ1v) is 13.9. The molecule has 0 N–H and O–H groups in total. The Balaban J connectivity index is 3.91. The van der Waals surface area contributed by atoms with E-state index in [-0.39, 0.29) is 0 Å². The van der Waals surface area contributed by atoms with Gasteiger partial charge in [0.2, 0.25) is 0 Å². The normalized spacial score (nSPS) is 13.4. The van der Waals surface area contributed by atoms with Crippen LogP contribution in [0.3, 0.4) is 0 Å². The van der Waals surface area contributed by atoms with Gasteiger partial charge in [-0.05, 0) is 54.4 Å². The summed E-state index contributed by atoms with van der Waals surface area (Å²) in [6.45, 7) is 15.9. The van der Waals surface area contributed by atoms with E-state index in [1.165, 1.54) is 0 Å². The fourth-order valence-corrected chi connectivity index (χ4v) is 4.91. The lowest BCUT2D eigenvalue weighted by Crippen LogP contribution is -2.39. The van der Waals surface area contributed by atoms with Gasteiger partial charge in [0.1, 0.15) is 0 Å². The molecule has 0 saturated heterocycles. The van der Waals surface area contributed by atoms with E-state index in [1.54, 1.807) is 0 Å². The lowest BCUT2D eigenvalue weighted by atomic mass is 10.3. The van der Waals surface area contributed by atoms with Crippen molar-refractivity contribution in [1.29, 1.82) is 0 Å². The minimum atomic E-state index is -1.03. The highest BCUT2D eigenvalue weighted by Crippen LogP contribution is 2.23. The van der Waals surface area contributed by atoms with E-state index in [4.69, 9.17) is 41.4 Å². The zero-order valence-electron chi connectivity index (χ0n) is 20.6. The SMILES string of the molecule is CCOC(CCCO[SiH2]O[SiH2]OCCCC(OCC)(OCC)OCC)(OCC)OCC. The highest BCUT2D eigenvalue weighted by Gasteiger charge is 2.32. The molecule has 0 bridgehead atoms. The fourth-order valence-electron chi connectivity index (χ4n) is 3.05. The van der Waals surface area contributed by atoms with Gasteiger partial charge in [-0.25, -0.2) is 0 Å². The van der Waals surface area contributed by atoms with Crippen molar-refractivity contribution in [2.24, 2.45) is 0 Å². The van der Waals surface area contributed by atoms with E-state index in [9.17, 15) is 0 Å². The molecule has 0 aromatic heterocycles. The van der Waals surface area contributed by atoms with E-state index >= 15 is 0 Å². The molecule has 0 spiro atoms. The smallest absolute Gasteiger partial charge is 0.295 e. The quantitative estimate of drug-likeness (QED) is 0.116. The van der Waals surface area contributed by atoms with Gasteiger partial charge in [-0.1, -0.05) is 0 Å². The Kier molecular flexibility index (Phi) is 20.7. The van der Waals surface area contributed by atoms with Gasteiger partial charge < -0.3 is 41.4 Å². The predicted octanol–water partition coefficient (Wildman–Crippen LogP) is 2.12. The molecule has 11 heteroatoms. The standard InChI is InChI=1S/C20H46O9Si2/c1-7-21-19(22-8-2,23-9-3)15-13-17-27-30-29-31-28-18-14-16-20(24-10-4,25-11-5)26-12-6/h7-18,30-31H2,1-6H3. The molecule has 0 saturated carbocycles. The molecule has 0 atom stereocenters. The summed E-state index contributed by atoms with van der Waals surface area (Å²) in [6.07, 6.45) is 2.78. The van der Waals surface area contributed by atoms with Crippen molar-refractivity contribution < 1.29 is 41.4 Å². The topological polar surface area (TPSA) is 83.1 Å². The Hall–Kier alpha value is 0.0738. The maximum Gasteiger partial charge on any atom is 0.295 e. The summed E-state index contributed by atoms with van der Waals surface area (Å²) in [6, 6.07) is 0. The second kappa shape index (κ2) is 20.7. The highest BCUT2D eigenvalue weighted by atomic mass is 28.3. The molecule has 0 aromatic carbocycles. The summed E-state index contributed by atoms with van der Waals surface area (Å²) in [5.41, 5.74) is 0. The molecule has 0 aliphatic heterocycles. The summed E-state index contributed by atoms with van der Waals surface area (Å²) < 4.78 is 51.2. The second-order valence-corrected chi connectivity index (χ2v) is 9.35. The summed E-state index contributed by atoms with van der Waals surface area (Å²) >= 11 is 0. The van der Waals surface area contributed by atoms with Crippen molar-refractivity contribution in [3.8, 4) is 0 Å². The molecule has 0 radical (unpaired) electrons. The molecule has 0 heterocycles. The van der Waals surface area contributed by atoms with E-state index in [0.29, 0.717) is 65.7 Å². The summed E-state index contributed by atoms with van der Waals surface area (Å²) in [5, 5.41) is 0. The number of rotatable bonds is 24. The van der Waals surface area contributed by atoms with Gasteiger partial charge in [0.15, 0.2) is 0 Å². The van der Waals surface area contributed by atoms with Gasteiger partial charge in [-0.2, -0.15) is 0 Å². The third-order valence-corrected chi connectivity index (χ3v) is 6.31. The van der Waals surface area contributed by atoms with E-state index in [0.717, 1.165) is 12.8 Å². The van der Waals surface area contributed by atoms with Crippen molar-refractivity contribution >= 4 is 20.0 Å². The summed E-state index contributed by atoms with van der Waals surface area (Å²) in [5.74, 6) is -1.94. The van der Waals surface area contributed by atoms with Gasteiger partial charge in [0.25, 0.3) is 32.0 Å². The molecule has 0 aliphatic carbocycles. The molecule has 0 rings (SSSR count). The predicted molar refractivity (Wildman–Crippen MR) is 124 cm³/mol. The van der Waals surface area contributed by atoms with Crippen molar-refractivity contribution in [3.63, 3.8) is 0 Å². The lowest BCUT2D eigenvalue weighted by molar-refractivity contribution is -0.380. The molecule has 0 fully saturated rings. The number of hydrogen-bond acceptors (Lipinski definition) is 9. The second-order valence-electron chi connectivity index (χ2n) is 6.43. The van der Waals surface area contributed by atoms with Gasteiger partial charge in [0, 0.05) is 65.7 Å². The summed E-state index contributed by atoms with van der Waals surface area (Å²) in [7, 11) is -2.07. The third kappa shape index (κ3) is 14.8. The van der Waals surface area contributed by atoms with Crippen molar-refractivity contribution in [1.82, 2.24) is 0 Å². The zero-order valence-corrected chi connectivity index (χ0v) is 23.4.